The Bertz CT molecular complexity index is 678. The Morgan fingerprint density at radius 1 is 1.18 bits per heavy atom. The second-order valence-electron chi connectivity index (χ2n) is 4.84. The molecule has 0 fully saturated rings. The summed E-state index contributed by atoms with van der Waals surface area (Å²) in [5, 5.41) is 6.03. The number of hydrogen-bond acceptors (Lipinski definition) is 3. The maximum absolute atomic E-state index is 11.9. The molecule has 0 unspecified atom stereocenters. The van der Waals surface area contributed by atoms with Crippen molar-refractivity contribution in [2.75, 3.05) is 18.5 Å². The fraction of sp³-hybridized carbons (Fsp3) is 0.188. The van der Waals surface area contributed by atoms with Gasteiger partial charge in [-0.3, -0.25) is 0 Å². The molecule has 0 aromatic heterocycles. The van der Waals surface area contributed by atoms with E-state index in [0.29, 0.717) is 29.6 Å². The van der Waals surface area contributed by atoms with Crippen molar-refractivity contribution in [3.05, 3.63) is 53.6 Å². The quantitative estimate of drug-likeness (QED) is 0.913. The summed E-state index contributed by atoms with van der Waals surface area (Å²) < 4.78 is 11.4. The molecule has 0 bridgehead atoms. The number of carbonyl (C=O) groups is 1. The van der Waals surface area contributed by atoms with Gasteiger partial charge in [-0.05, 0) is 30.3 Å². The summed E-state index contributed by atoms with van der Waals surface area (Å²) in [6.45, 7) is 0.745. The van der Waals surface area contributed by atoms with Crippen LogP contribution in [-0.4, -0.2) is 25.3 Å². The zero-order valence-electron chi connectivity index (χ0n) is 11.7. The monoisotopic (exact) mass is 318 g/mol. The first-order valence-electron chi connectivity index (χ1n) is 6.89. The number of ether oxygens (including phenoxy) is 2. The van der Waals surface area contributed by atoms with Gasteiger partial charge < -0.3 is 20.1 Å². The fourth-order valence-corrected chi connectivity index (χ4v) is 2.30. The van der Waals surface area contributed by atoms with Gasteiger partial charge in [-0.25, -0.2) is 4.79 Å². The Morgan fingerprint density at radius 3 is 2.82 bits per heavy atom. The summed E-state index contributed by atoms with van der Waals surface area (Å²) in [6.07, 6.45) is -0.222. The van der Waals surface area contributed by atoms with E-state index in [9.17, 15) is 4.79 Å². The summed E-state index contributed by atoms with van der Waals surface area (Å²) in [7, 11) is 0. The van der Waals surface area contributed by atoms with Gasteiger partial charge in [-0.2, -0.15) is 0 Å². The molecule has 5 nitrogen and oxygen atoms in total. The molecule has 1 aliphatic heterocycles. The Balaban J connectivity index is 1.50. The zero-order chi connectivity index (χ0) is 15.4. The van der Waals surface area contributed by atoms with Crippen LogP contribution in [0.4, 0.5) is 10.5 Å². The number of hydrogen-bond donors (Lipinski definition) is 2. The lowest BCUT2D eigenvalue weighted by Gasteiger charge is -2.26. The molecule has 0 saturated carbocycles. The molecular formula is C16H15ClN2O3. The largest absolute Gasteiger partial charge is 0.486 e. The normalized spacial score (nSPS) is 16.0. The minimum Gasteiger partial charge on any atom is -0.486 e. The highest BCUT2D eigenvalue weighted by molar-refractivity contribution is 6.30. The van der Waals surface area contributed by atoms with Gasteiger partial charge in [0.05, 0.1) is 6.54 Å². The van der Waals surface area contributed by atoms with Gasteiger partial charge in [0.25, 0.3) is 0 Å². The first kappa shape index (κ1) is 14.5. The molecule has 6 heteroatoms. The molecule has 2 aromatic carbocycles. The fourth-order valence-electron chi connectivity index (χ4n) is 2.11. The molecular weight excluding hydrogens is 304 g/mol. The first-order chi connectivity index (χ1) is 10.7. The minimum atomic E-state index is -0.315. The lowest BCUT2D eigenvalue weighted by molar-refractivity contribution is 0.0922. The molecule has 0 spiro atoms. The van der Waals surface area contributed by atoms with Crippen LogP contribution in [0.2, 0.25) is 5.02 Å². The molecule has 1 aliphatic rings. The van der Waals surface area contributed by atoms with Gasteiger partial charge >= 0.3 is 6.03 Å². The van der Waals surface area contributed by atoms with Crippen LogP contribution in [0.1, 0.15) is 0 Å². The predicted molar refractivity (Wildman–Crippen MR) is 84.8 cm³/mol. The highest BCUT2D eigenvalue weighted by Gasteiger charge is 2.20. The van der Waals surface area contributed by atoms with E-state index >= 15 is 0 Å². The first-order valence-corrected chi connectivity index (χ1v) is 7.27. The average Bonchev–Trinajstić information content (AvgIpc) is 2.53. The molecule has 3 rings (SSSR count). The Hall–Kier alpha value is -2.40. The number of amides is 2. The molecule has 114 valence electrons. The molecule has 22 heavy (non-hydrogen) atoms. The molecule has 1 atom stereocenters. The molecule has 0 radical (unpaired) electrons. The van der Waals surface area contributed by atoms with Crippen LogP contribution >= 0.6 is 11.6 Å². The third kappa shape index (κ3) is 3.62. The van der Waals surface area contributed by atoms with Gasteiger partial charge in [0.2, 0.25) is 0 Å². The van der Waals surface area contributed by atoms with E-state index in [2.05, 4.69) is 10.6 Å². The van der Waals surface area contributed by atoms with Crippen LogP contribution in [0.25, 0.3) is 0 Å². The Labute approximate surface area is 133 Å². The van der Waals surface area contributed by atoms with E-state index in [1.165, 1.54) is 0 Å². The Morgan fingerprint density at radius 2 is 2.00 bits per heavy atom. The van der Waals surface area contributed by atoms with Crippen LogP contribution in [-0.2, 0) is 0 Å². The van der Waals surface area contributed by atoms with Crippen molar-refractivity contribution in [2.24, 2.45) is 0 Å². The van der Waals surface area contributed by atoms with Crippen molar-refractivity contribution in [1.29, 1.82) is 0 Å². The van der Waals surface area contributed by atoms with E-state index in [1.54, 1.807) is 24.3 Å². The van der Waals surface area contributed by atoms with Gasteiger partial charge in [0.1, 0.15) is 6.61 Å². The SMILES string of the molecule is O=C(NC[C@H]1COc2ccccc2O1)Nc1cccc(Cl)c1. The number of urea groups is 1. The summed E-state index contributed by atoms with van der Waals surface area (Å²) in [5.41, 5.74) is 0.635. The third-order valence-electron chi connectivity index (χ3n) is 3.14. The van der Waals surface area contributed by atoms with Crippen molar-refractivity contribution < 1.29 is 14.3 Å². The lowest BCUT2D eigenvalue weighted by Crippen LogP contribution is -2.42. The number of rotatable bonds is 3. The van der Waals surface area contributed by atoms with Crippen molar-refractivity contribution in [3.8, 4) is 11.5 Å². The maximum Gasteiger partial charge on any atom is 0.319 e. The summed E-state index contributed by atoms with van der Waals surface area (Å²) in [4.78, 5) is 11.9. The van der Waals surface area contributed by atoms with E-state index in [1.807, 2.05) is 24.3 Å². The second-order valence-corrected chi connectivity index (χ2v) is 5.28. The summed E-state index contributed by atoms with van der Waals surface area (Å²) in [5.74, 6) is 1.41. The number of benzene rings is 2. The summed E-state index contributed by atoms with van der Waals surface area (Å²) in [6, 6.07) is 14.1. The molecule has 2 N–H and O–H groups in total. The molecule has 2 aromatic rings. The smallest absolute Gasteiger partial charge is 0.319 e. The molecule has 0 aliphatic carbocycles. The van der Waals surface area contributed by atoms with Gasteiger partial charge in [0, 0.05) is 10.7 Å². The average molecular weight is 319 g/mol. The van der Waals surface area contributed by atoms with E-state index in [4.69, 9.17) is 21.1 Å². The predicted octanol–water partition coefficient (Wildman–Crippen LogP) is 3.30. The lowest BCUT2D eigenvalue weighted by atomic mass is 10.2. The topological polar surface area (TPSA) is 59.6 Å². The molecule has 2 amide bonds. The highest BCUT2D eigenvalue weighted by Crippen LogP contribution is 2.30. The van der Waals surface area contributed by atoms with Gasteiger partial charge in [-0.1, -0.05) is 29.8 Å². The van der Waals surface area contributed by atoms with Crippen LogP contribution in [0, 0.1) is 0 Å². The number of anilines is 1. The van der Waals surface area contributed by atoms with Crippen molar-refractivity contribution in [3.63, 3.8) is 0 Å². The van der Waals surface area contributed by atoms with E-state index in [-0.39, 0.29) is 12.1 Å². The number of halogens is 1. The number of para-hydroxylation sites is 2. The zero-order valence-corrected chi connectivity index (χ0v) is 12.5. The third-order valence-corrected chi connectivity index (χ3v) is 3.38. The van der Waals surface area contributed by atoms with Gasteiger partial charge in [0.15, 0.2) is 17.6 Å². The number of carbonyl (C=O) groups excluding carboxylic acids is 1. The number of nitrogens with one attached hydrogen (secondary N) is 2. The molecule has 1 heterocycles. The van der Waals surface area contributed by atoms with Crippen LogP contribution in [0.5, 0.6) is 11.5 Å². The standard InChI is InChI=1S/C16H15ClN2O3/c17-11-4-3-5-12(8-11)19-16(20)18-9-13-10-21-14-6-1-2-7-15(14)22-13/h1-8,13H,9-10H2,(H2,18,19,20)/t13-/m0/s1. The van der Waals surface area contributed by atoms with Crippen molar-refractivity contribution in [2.45, 2.75) is 6.10 Å². The second kappa shape index (κ2) is 6.58. The van der Waals surface area contributed by atoms with E-state index in [0.717, 1.165) is 5.75 Å². The van der Waals surface area contributed by atoms with Crippen LogP contribution in [0.15, 0.2) is 48.5 Å². The van der Waals surface area contributed by atoms with Crippen LogP contribution in [0.3, 0.4) is 0 Å². The highest BCUT2D eigenvalue weighted by atomic mass is 35.5. The van der Waals surface area contributed by atoms with Crippen molar-refractivity contribution in [1.82, 2.24) is 5.32 Å². The summed E-state index contributed by atoms with van der Waals surface area (Å²) >= 11 is 5.87. The van der Waals surface area contributed by atoms with E-state index < -0.39 is 0 Å². The molecule has 0 saturated heterocycles. The van der Waals surface area contributed by atoms with Crippen molar-refractivity contribution >= 4 is 23.3 Å². The maximum atomic E-state index is 11.9. The van der Waals surface area contributed by atoms with Crippen LogP contribution < -0.4 is 20.1 Å². The van der Waals surface area contributed by atoms with Gasteiger partial charge in [-0.15, -0.1) is 0 Å². The number of fused-ring (bicyclic) bond motifs is 1. The minimum absolute atomic E-state index is 0.222. The Kier molecular flexibility index (Phi) is 4.34.